The van der Waals surface area contributed by atoms with Crippen LogP contribution in [0.25, 0.3) is 0 Å². The highest BCUT2D eigenvalue weighted by Gasteiger charge is 2.24. The van der Waals surface area contributed by atoms with Gasteiger partial charge in [0.15, 0.2) is 0 Å². The second-order valence-corrected chi connectivity index (χ2v) is 16.3. The van der Waals surface area contributed by atoms with Crippen LogP contribution in [0.5, 0.6) is 0 Å². The van der Waals surface area contributed by atoms with E-state index in [9.17, 15) is 29.4 Å². The maximum absolute atomic E-state index is 12.8. The van der Waals surface area contributed by atoms with Crippen molar-refractivity contribution in [2.75, 3.05) is 53.4 Å². The normalized spacial score (nSPS) is 13.9. The molecule has 4 N–H and O–H groups in total. The fraction of sp³-hybridized carbons (Fsp3) is 0.830. The van der Waals surface area contributed by atoms with Gasteiger partial charge in [-0.15, -0.1) is 0 Å². The Bertz CT molecular complexity index is 1120. The lowest BCUT2D eigenvalue weighted by molar-refractivity contribution is -0.157. The van der Waals surface area contributed by atoms with Gasteiger partial charge in [-0.3, -0.25) is 29.0 Å². The molecule has 12 heteroatoms. The third-order valence-corrected chi connectivity index (χ3v) is 10.6. The minimum atomic E-state index is -0.859. The van der Waals surface area contributed by atoms with E-state index in [2.05, 4.69) is 31.4 Å². The second kappa shape index (κ2) is 39.3. The zero-order valence-electron chi connectivity index (χ0n) is 38.4. The van der Waals surface area contributed by atoms with Gasteiger partial charge in [-0.25, -0.2) is 0 Å². The monoisotopic (exact) mass is 837 g/mol. The number of nitrogens with one attached hydrogen (secondary N) is 2. The van der Waals surface area contributed by atoms with Gasteiger partial charge in [0.1, 0.15) is 12.2 Å². The smallest absolute Gasteiger partial charge is 0.320 e. The molecule has 0 heterocycles. The van der Waals surface area contributed by atoms with E-state index in [0.29, 0.717) is 12.8 Å². The van der Waals surface area contributed by atoms with Gasteiger partial charge in [0.25, 0.3) is 0 Å². The number of nitrogens with zero attached hydrogens (tertiary/aromatic N) is 2. The third kappa shape index (κ3) is 34.6. The van der Waals surface area contributed by atoms with Gasteiger partial charge < -0.3 is 30.3 Å². The van der Waals surface area contributed by atoms with E-state index in [1.54, 1.807) is 24.3 Å². The van der Waals surface area contributed by atoms with Crippen molar-refractivity contribution >= 4 is 23.8 Å². The predicted molar refractivity (Wildman–Crippen MR) is 240 cm³/mol. The Hall–Kier alpha value is -2.80. The molecule has 0 aliphatic carbocycles. The number of carbonyl (C=O) groups excluding carboxylic acids is 4. The first-order valence-electron chi connectivity index (χ1n) is 23.4. The molecule has 0 aliphatic rings. The minimum Gasteiger partial charge on any atom is -0.459 e. The summed E-state index contributed by atoms with van der Waals surface area (Å²) in [6.07, 6.45) is 25.8. The minimum absolute atomic E-state index is 0.123. The number of ether oxygens (including phenoxy) is 2. The molecule has 0 bridgehead atoms. The van der Waals surface area contributed by atoms with Crippen LogP contribution < -0.4 is 10.6 Å². The van der Waals surface area contributed by atoms with Crippen LogP contribution in [0.2, 0.25) is 0 Å². The molecule has 0 spiro atoms. The number of likely N-dealkylation sites (N-methyl/N-ethyl adjacent to an activating group) is 2. The van der Waals surface area contributed by atoms with Gasteiger partial charge in [0, 0.05) is 25.9 Å². The van der Waals surface area contributed by atoms with Crippen molar-refractivity contribution < 1.29 is 38.9 Å². The summed E-state index contributed by atoms with van der Waals surface area (Å²) in [5.41, 5.74) is 0. The molecule has 0 aromatic heterocycles. The van der Waals surface area contributed by atoms with Gasteiger partial charge in [0.05, 0.1) is 25.3 Å². The molecule has 4 atom stereocenters. The number of aliphatic hydroxyl groups excluding tert-OH is 2. The Labute approximate surface area is 359 Å². The van der Waals surface area contributed by atoms with E-state index in [0.717, 1.165) is 58.0 Å². The molecule has 12 nitrogen and oxygen atoms in total. The summed E-state index contributed by atoms with van der Waals surface area (Å²) in [7, 11) is 3.78. The van der Waals surface area contributed by atoms with Crippen LogP contribution in [0, 0.1) is 0 Å². The summed E-state index contributed by atoms with van der Waals surface area (Å²) in [6, 6.07) is 0. The van der Waals surface area contributed by atoms with Gasteiger partial charge in [-0.1, -0.05) is 142 Å². The number of carbonyl (C=O) groups is 4. The molecule has 59 heavy (non-hydrogen) atoms. The molecule has 344 valence electrons. The lowest BCUT2D eigenvalue weighted by Gasteiger charge is -2.24. The van der Waals surface area contributed by atoms with Crippen molar-refractivity contribution in [2.24, 2.45) is 0 Å². The first kappa shape index (κ1) is 56.2. The van der Waals surface area contributed by atoms with E-state index in [1.165, 1.54) is 64.2 Å². The van der Waals surface area contributed by atoms with Crippen LogP contribution in [-0.2, 0) is 28.7 Å². The first-order valence-corrected chi connectivity index (χ1v) is 23.4. The Morgan fingerprint density at radius 2 is 0.898 bits per heavy atom. The van der Waals surface area contributed by atoms with Gasteiger partial charge in [-0.2, -0.15) is 0 Å². The average molecular weight is 837 g/mol. The number of hydrogen-bond donors (Lipinski definition) is 4. The van der Waals surface area contributed by atoms with Crippen LogP contribution >= 0.6 is 0 Å². The molecule has 0 saturated carbocycles. The highest BCUT2D eigenvalue weighted by molar-refractivity contribution is 5.78. The molecule has 0 radical (unpaired) electrons. The Kier molecular flexibility index (Phi) is 37.5. The Morgan fingerprint density at radius 1 is 0.525 bits per heavy atom. The van der Waals surface area contributed by atoms with Crippen molar-refractivity contribution in [3.8, 4) is 0 Å². The fourth-order valence-corrected chi connectivity index (χ4v) is 6.64. The highest BCUT2D eigenvalue weighted by atomic mass is 16.6. The topological polar surface area (TPSA) is 158 Å². The second-order valence-electron chi connectivity index (χ2n) is 16.3. The van der Waals surface area contributed by atoms with Crippen molar-refractivity contribution in [1.29, 1.82) is 0 Å². The third-order valence-electron chi connectivity index (χ3n) is 10.6. The average Bonchev–Trinajstić information content (AvgIpc) is 3.20. The summed E-state index contributed by atoms with van der Waals surface area (Å²) in [4.78, 5) is 53.6. The van der Waals surface area contributed by atoms with E-state index in [4.69, 9.17) is 9.47 Å². The number of esters is 2. The van der Waals surface area contributed by atoms with Crippen LogP contribution in [-0.4, -0.2) is 122 Å². The van der Waals surface area contributed by atoms with Crippen molar-refractivity contribution in [3.63, 3.8) is 0 Å². The fourth-order valence-electron chi connectivity index (χ4n) is 6.64. The molecule has 0 aromatic rings. The maximum Gasteiger partial charge on any atom is 0.320 e. The van der Waals surface area contributed by atoms with Crippen LogP contribution in [0.15, 0.2) is 24.3 Å². The number of amides is 2. The Balaban J connectivity index is 4.45. The maximum atomic E-state index is 12.8. The van der Waals surface area contributed by atoms with E-state index < -0.39 is 24.4 Å². The molecule has 0 aromatic carbocycles. The van der Waals surface area contributed by atoms with Crippen molar-refractivity contribution in [2.45, 2.75) is 200 Å². The highest BCUT2D eigenvalue weighted by Crippen LogP contribution is 2.17. The molecule has 0 saturated heterocycles. The van der Waals surface area contributed by atoms with E-state index >= 15 is 0 Å². The van der Waals surface area contributed by atoms with Crippen molar-refractivity contribution in [1.82, 2.24) is 20.4 Å². The lowest BCUT2D eigenvalue weighted by Crippen LogP contribution is -2.36. The molecular formula is C47H88N4O8. The molecule has 4 unspecified atom stereocenters. The summed E-state index contributed by atoms with van der Waals surface area (Å²) >= 11 is 0. The standard InChI is InChI=1S/C47H88N4O8/c1-7-11-14-15-16-17-18-19-20-21-28-37-51(6)39-47(57)59-43(32-23-13-9-3)41(53)30-25-27-34-45(55)49-36-35-48-44(54)33-26-24-29-40(52)42(31-22-12-8-2)58-46(56)38-50(5)10-4/h24-27,40-43,52-53H,7-23,28-39H2,1-6H3,(H,48,54)(H,49,55). The number of hydrogen-bond acceptors (Lipinski definition) is 10. The van der Waals surface area contributed by atoms with Crippen molar-refractivity contribution in [3.05, 3.63) is 24.3 Å². The van der Waals surface area contributed by atoms with Gasteiger partial charge in [0.2, 0.25) is 11.8 Å². The molecular weight excluding hydrogens is 749 g/mol. The summed E-state index contributed by atoms with van der Waals surface area (Å²) in [6.45, 7) is 10.9. The van der Waals surface area contributed by atoms with Crippen LogP contribution in [0.3, 0.4) is 0 Å². The van der Waals surface area contributed by atoms with Gasteiger partial charge in [-0.05, 0) is 72.1 Å². The molecule has 0 rings (SSSR count). The zero-order valence-corrected chi connectivity index (χ0v) is 38.4. The quantitative estimate of drug-likeness (QED) is 0.0273. The summed E-state index contributed by atoms with van der Waals surface area (Å²) < 4.78 is 11.4. The van der Waals surface area contributed by atoms with E-state index in [-0.39, 0.29) is 75.6 Å². The molecule has 0 fully saturated rings. The van der Waals surface area contributed by atoms with E-state index in [1.807, 2.05) is 30.8 Å². The summed E-state index contributed by atoms with van der Waals surface area (Å²) in [5, 5.41) is 27.2. The van der Waals surface area contributed by atoms with Crippen LogP contribution in [0.4, 0.5) is 0 Å². The lowest BCUT2D eigenvalue weighted by atomic mass is 10.0. The zero-order chi connectivity index (χ0) is 43.9. The Morgan fingerprint density at radius 3 is 1.31 bits per heavy atom. The SMILES string of the molecule is CCCCCCCCCCCCCN(C)CC(=O)OC(CCCCC)C(O)CC=CCC(=O)NCCNC(=O)CC=CCC(O)C(CCCCC)OC(=O)CN(C)CC. The number of unbranched alkanes of at least 4 members (excludes halogenated alkanes) is 14. The molecule has 0 aliphatic heterocycles. The van der Waals surface area contributed by atoms with Gasteiger partial charge >= 0.3 is 11.9 Å². The number of aliphatic hydroxyl groups is 2. The molecule has 2 amide bonds. The largest absolute Gasteiger partial charge is 0.459 e. The number of rotatable bonds is 40. The first-order chi connectivity index (χ1) is 28.5. The van der Waals surface area contributed by atoms with Crippen LogP contribution in [0.1, 0.15) is 175 Å². The predicted octanol–water partition coefficient (Wildman–Crippen LogP) is 7.79. The summed E-state index contributed by atoms with van der Waals surface area (Å²) in [5.74, 6) is -1.10.